The van der Waals surface area contributed by atoms with E-state index >= 15 is 0 Å². The monoisotopic (exact) mass is 382 g/mol. The molecule has 132 valence electrons. The van der Waals surface area contributed by atoms with Crippen LogP contribution in [0.25, 0.3) is 0 Å². The van der Waals surface area contributed by atoms with Gasteiger partial charge in [0.1, 0.15) is 5.60 Å². The topological polar surface area (TPSA) is 79.8 Å². The Morgan fingerprint density at radius 1 is 1.16 bits per heavy atom. The van der Waals surface area contributed by atoms with Gasteiger partial charge in [-0.2, -0.15) is 0 Å². The average molecular weight is 383 g/mol. The second-order valence-electron chi connectivity index (χ2n) is 5.78. The van der Waals surface area contributed by atoms with Gasteiger partial charge >= 0.3 is 6.03 Å². The predicted molar refractivity (Wildman–Crippen MR) is 95.6 cm³/mol. The van der Waals surface area contributed by atoms with Gasteiger partial charge < -0.3 is 25.2 Å². The highest BCUT2D eigenvalue weighted by atomic mass is 35.5. The number of anilines is 1. The summed E-state index contributed by atoms with van der Waals surface area (Å²) in [5.74, 6) is 1.20. The Hall–Kier alpha value is -2.15. The molecular formula is C17H16Cl2N2O4. The number of aliphatic hydroxyl groups is 1. The van der Waals surface area contributed by atoms with Gasteiger partial charge in [0.05, 0.1) is 16.6 Å². The normalized spacial score (nSPS) is 14.7. The highest BCUT2D eigenvalue weighted by Gasteiger charge is 2.26. The summed E-state index contributed by atoms with van der Waals surface area (Å²) in [6, 6.07) is 9.43. The second-order valence-corrected chi connectivity index (χ2v) is 6.59. The Morgan fingerprint density at radius 3 is 2.68 bits per heavy atom. The standard InChI is InChI=1S/C17H16Cl2N2O4/c1-17(23,10-2-5-14-15(6-10)25-9-24-14)8-20-16(22)21-11-3-4-12(18)13(19)7-11/h2-7,23H,8-9H2,1H3,(H2,20,21,22)/t17-/m0/s1. The predicted octanol–water partition coefficient (Wildman–Crippen LogP) is 3.75. The summed E-state index contributed by atoms with van der Waals surface area (Å²) in [6.07, 6.45) is 0. The van der Waals surface area contributed by atoms with E-state index in [-0.39, 0.29) is 13.3 Å². The molecule has 1 aliphatic rings. The van der Waals surface area contributed by atoms with Gasteiger partial charge in [0.25, 0.3) is 0 Å². The molecule has 3 rings (SSSR count). The lowest BCUT2D eigenvalue weighted by atomic mass is 9.95. The van der Waals surface area contributed by atoms with E-state index in [4.69, 9.17) is 32.7 Å². The third-order valence-corrected chi connectivity index (χ3v) is 4.50. The number of hydrogen-bond donors (Lipinski definition) is 3. The number of rotatable bonds is 4. The van der Waals surface area contributed by atoms with E-state index in [1.807, 2.05) is 0 Å². The lowest BCUT2D eigenvalue weighted by molar-refractivity contribution is 0.0597. The summed E-state index contributed by atoms with van der Waals surface area (Å²) in [6.45, 7) is 1.76. The van der Waals surface area contributed by atoms with E-state index in [1.165, 1.54) is 0 Å². The lowest BCUT2D eigenvalue weighted by Gasteiger charge is -2.24. The van der Waals surface area contributed by atoms with Gasteiger partial charge in [-0.1, -0.05) is 29.3 Å². The molecule has 0 radical (unpaired) electrons. The van der Waals surface area contributed by atoms with Gasteiger partial charge in [0.2, 0.25) is 6.79 Å². The molecular weight excluding hydrogens is 367 g/mol. The van der Waals surface area contributed by atoms with E-state index in [9.17, 15) is 9.90 Å². The number of carbonyl (C=O) groups is 1. The first-order chi connectivity index (χ1) is 11.8. The summed E-state index contributed by atoms with van der Waals surface area (Å²) in [4.78, 5) is 12.0. The van der Waals surface area contributed by atoms with Crippen molar-refractivity contribution in [3.63, 3.8) is 0 Å². The van der Waals surface area contributed by atoms with E-state index in [2.05, 4.69) is 10.6 Å². The fourth-order valence-corrected chi connectivity index (χ4v) is 2.63. The van der Waals surface area contributed by atoms with Gasteiger partial charge in [-0.25, -0.2) is 4.79 Å². The molecule has 1 heterocycles. The first-order valence-corrected chi connectivity index (χ1v) is 8.23. The van der Waals surface area contributed by atoms with E-state index in [0.29, 0.717) is 32.8 Å². The highest BCUT2D eigenvalue weighted by Crippen LogP contribution is 2.35. The number of benzene rings is 2. The summed E-state index contributed by atoms with van der Waals surface area (Å²) in [5, 5.41) is 16.6. The van der Waals surface area contributed by atoms with Crippen LogP contribution in [-0.4, -0.2) is 24.5 Å². The van der Waals surface area contributed by atoms with Crippen molar-refractivity contribution in [3.05, 3.63) is 52.0 Å². The third kappa shape index (κ3) is 4.10. The van der Waals surface area contributed by atoms with E-state index < -0.39 is 11.6 Å². The molecule has 0 saturated heterocycles. The number of amides is 2. The summed E-state index contributed by atoms with van der Waals surface area (Å²) in [7, 11) is 0. The van der Waals surface area contributed by atoms with Crippen LogP contribution in [0.4, 0.5) is 10.5 Å². The molecule has 0 unspecified atom stereocenters. The largest absolute Gasteiger partial charge is 0.454 e. The van der Waals surface area contributed by atoms with Crippen LogP contribution in [0.2, 0.25) is 10.0 Å². The molecule has 1 aliphatic heterocycles. The Balaban J connectivity index is 1.61. The minimum absolute atomic E-state index is 0.000199. The number of carbonyl (C=O) groups excluding carboxylic acids is 1. The van der Waals surface area contributed by atoms with Crippen molar-refractivity contribution in [3.8, 4) is 11.5 Å². The molecule has 3 N–H and O–H groups in total. The van der Waals surface area contributed by atoms with E-state index in [1.54, 1.807) is 43.3 Å². The Morgan fingerprint density at radius 2 is 1.92 bits per heavy atom. The van der Waals surface area contributed by atoms with Crippen LogP contribution in [0.1, 0.15) is 12.5 Å². The second kappa shape index (κ2) is 7.00. The van der Waals surface area contributed by atoms with Crippen LogP contribution in [0.5, 0.6) is 11.5 Å². The third-order valence-electron chi connectivity index (χ3n) is 3.77. The van der Waals surface area contributed by atoms with Gasteiger partial charge in [0.15, 0.2) is 11.5 Å². The maximum atomic E-state index is 12.0. The first kappa shape index (κ1) is 17.7. The molecule has 0 spiro atoms. The molecule has 0 aliphatic carbocycles. The Labute approximate surface area is 154 Å². The molecule has 0 saturated carbocycles. The van der Waals surface area contributed by atoms with Crippen LogP contribution < -0.4 is 20.1 Å². The number of ether oxygens (including phenoxy) is 2. The van der Waals surface area contributed by atoms with Crippen molar-refractivity contribution in [2.75, 3.05) is 18.7 Å². The summed E-state index contributed by atoms with van der Waals surface area (Å²) >= 11 is 11.7. The quantitative estimate of drug-likeness (QED) is 0.751. The molecule has 25 heavy (non-hydrogen) atoms. The fraction of sp³-hybridized carbons (Fsp3) is 0.235. The molecule has 0 fully saturated rings. The number of fused-ring (bicyclic) bond motifs is 1. The highest BCUT2D eigenvalue weighted by molar-refractivity contribution is 6.42. The molecule has 6 nitrogen and oxygen atoms in total. The molecule has 8 heteroatoms. The molecule has 0 aromatic heterocycles. The fourth-order valence-electron chi connectivity index (χ4n) is 2.34. The maximum absolute atomic E-state index is 12.0. The number of nitrogens with one attached hydrogen (secondary N) is 2. The first-order valence-electron chi connectivity index (χ1n) is 7.47. The minimum Gasteiger partial charge on any atom is -0.454 e. The van der Waals surface area contributed by atoms with Crippen molar-refractivity contribution in [2.24, 2.45) is 0 Å². The van der Waals surface area contributed by atoms with Gasteiger partial charge in [-0.15, -0.1) is 0 Å². The average Bonchev–Trinajstić information content (AvgIpc) is 3.04. The van der Waals surface area contributed by atoms with Crippen molar-refractivity contribution in [1.82, 2.24) is 5.32 Å². The zero-order valence-corrected chi connectivity index (χ0v) is 14.8. The van der Waals surface area contributed by atoms with Crippen molar-refractivity contribution in [2.45, 2.75) is 12.5 Å². The van der Waals surface area contributed by atoms with Crippen LogP contribution in [-0.2, 0) is 5.60 Å². The van der Waals surface area contributed by atoms with Crippen molar-refractivity contribution in [1.29, 1.82) is 0 Å². The van der Waals surface area contributed by atoms with Crippen LogP contribution in [0.3, 0.4) is 0 Å². The minimum atomic E-state index is -1.28. The van der Waals surface area contributed by atoms with Crippen LogP contribution in [0, 0.1) is 0 Å². The molecule has 2 aromatic rings. The smallest absolute Gasteiger partial charge is 0.319 e. The molecule has 0 bridgehead atoms. The van der Waals surface area contributed by atoms with Gasteiger partial charge in [0, 0.05) is 5.69 Å². The van der Waals surface area contributed by atoms with Crippen molar-refractivity contribution >= 4 is 34.9 Å². The lowest BCUT2D eigenvalue weighted by Crippen LogP contribution is -2.40. The zero-order chi connectivity index (χ0) is 18.0. The zero-order valence-electron chi connectivity index (χ0n) is 13.3. The van der Waals surface area contributed by atoms with Crippen LogP contribution in [0.15, 0.2) is 36.4 Å². The van der Waals surface area contributed by atoms with Gasteiger partial charge in [-0.3, -0.25) is 0 Å². The molecule has 1 atom stereocenters. The molecule has 2 amide bonds. The Bertz CT molecular complexity index is 811. The summed E-state index contributed by atoms with van der Waals surface area (Å²) in [5.41, 5.74) is -0.183. The maximum Gasteiger partial charge on any atom is 0.319 e. The van der Waals surface area contributed by atoms with Crippen molar-refractivity contribution < 1.29 is 19.4 Å². The van der Waals surface area contributed by atoms with Crippen LogP contribution >= 0.6 is 23.2 Å². The number of hydrogen-bond acceptors (Lipinski definition) is 4. The van der Waals surface area contributed by atoms with E-state index in [0.717, 1.165) is 0 Å². The number of halogens is 2. The SMILES string of the molecule is C[C@](O)(CNC(=O)Nc1ccc(Cl)c(Cl)c1)c1ccc2c(c1)OCO2. The van der Waals surface area contributed by atoms with Gasteiger partial charge in [-0.05, 0) is 42.8 Å². The summed E-state index contributed by atoms with van der Waals surface area (Å²) < 4.78 is 10.5. The number of urea groups is 1. The Kier molecular flexibility index (Phi) is 4.94. The molecule has 2 aromatic carbocycles.